The fourth-order valence-electron chi connectivity index (χ4n) is 3.18. The Labute approximate surface area is 197 Å². The van der Waals surface area contributed by atoms with Crippen LogP contribution in [0.4, 0.5) is 9.18 Å². The lowest BCUT2D eigenvalue weighted by atomic mass is 10.2. The summed E-state index contributed by atoms with van der Waals surface area (Å²) in [5.41, 5.74) is -1.03. The number of carbonyl (C=O) groups excluding carboxylic acids is 1. The largest absolute Gasteiger partial charge is 0.467 e. The molecule has 0 spiro atoms. The molecule has 0 saturated carbocycles. The van der Waals surface area contributed by atoms with E-state index in [0.717, 1.165) is 36.6 Å². The molecule has 0 unspecified atom stereocenters. The number of ether oxygens (including phenoxy) is 1. The van der Waals surface area contributed by atoms with Gasteiger partial charge in [0.15, 0.2) is 6.04 Å². The van der Waals surface area contributed by atoms with Gasteiger partial charge in [0.2, 0.25) is 19.7 Å². The maximum atomic E-state index is 17.2. The summed E-state index contributed by atoms with van der Waals surface area (Å²) in [4.78, 5) is 11.4. The molecule has 182 valence electrons. The predicted octanol–water partition coefficient (Wildman–Crippen LogP) is 4.42. The van der Waals surface area contributed by atoms with E-state index < -0.39 is 57.3 Å². The van der Waals surface area contributed by atoms with E-state index in [0.29, 0.717) is 0 Å². The lowest BCUT2D eigenvalue weighted by molar-refractivity contribution is 0.0471. The van der Waals surface area contributed by atoms with Gasteiger partial charge in [-0.2, -0.15) is 0 Å². The number of rotatable bonds is 7. The first-order chi connectivity index (χ1) is 15.8. The van der Waals surface area contributed by atoms with Crippen LogP contribution in [0, 0.1) is 0 Å². The number of halogens is 1. The molecule has 0 aliphatic heterocycles. The third-order valence-electron chi connectivity index (χ3n) is 4.67. The number of carbonyl (C=O) groups is 1. The highest BCUT2D eigenvalue weighted by Gasteiger charge is 2.64. The van der Waals surface area contributed by atoms with Gasteiger partial charge in [-0.05, 0) is 57.2 Å². The van der Waals surface area contributed by atoms with E-state index in [1.165, 1.54) is 42.5 Å². The predicted molar refractivity (Wildman–Crippen MR) is 122 cm³/mol. The third-order valence-corrected chi connectivity index (χ3v) is 9.71. The Morgan fingerprint density at radius 3 is 1.71 bits per heavy atom. The molecule has 0 aliphatic rings. The first kappa shape index (κ1) is 25.4. The van der Waals surface area contributed by atoms with E-state index >= 15 is 4.39 Å². The van der Waals surface area contributed by atoms with Gasteiger partial charge in [-0.1, -0.05) is 36.4 Å². The number of alkyl carbamates (subject to hydrolysis) is 1. The fraction of sp³-hybridized carbons (Fsp3) is 0.261. The van der Waals surface area contributed by atoms with Crippen molar-refractivity contribution in [3.05, 3.63) is 84.8 Å². The lowest BCUT2D eigenvalue weighted by Gasteiger charge is -2.33. The van der Waals surface area contributed by atoms with Crippen molar-refractivity contribution in [3.8, 4) is 0 Å². The van der Waals surface area contributed by atoms with Crippen molar-refractivity contribution in [2.45, 2.75) is 46.5 Å². The minimum atomic E-state index is -5.31. The quantitative estimate of drug-likeness (QED) is 0.501. The summed E-state index contributed by atoms with van der Waals surface area (Å²) < 4.78 is 78.2. The van der Waals surface area contributed by atoms with E-state index in [1.54, 1.807) is 20.8 Å². The first-order valence-corrected chi connectivity index (χ1v) is 13.1. The van der Waals surface area contributed by atoms with Crippen molar-refractivity contribution >= 4 is 25.8 Å². The zero-order valence-electron chi connectivity index (χ0n) is 18.6. The molecule has 3 rings (SSSR count). The number of sulfone groups is 2. The Morgan fingerprint density at radius 1 is 0.853 bits per heavy atom. The van der Waals surface area contributed by atoms with Crippen LogP contribution in [-0.2, 0) is 24.4 Å². The van der Waals surface area contributed by atoms with Crippen molar-refractivity contribution in [3.63, 3.8) is 0 Å². The normalized spacial score (nSPS) is 13.8. The Bertz CT molecular complexity index is 1260. The highest BCUT2D eigenvalue weighted by Crippen LogP contribution is 2.46. The smallest absolute Gasteiger partial charge is 0.408 e. The second-order valence-electron chi connectivity index (χ2n) is 8.31. The van der Waals surface area contributed by atoms with E-state index in [1.807, 2.05) is 0 Å². The highest BCUT2D eigenvalue weighted by molar-refractivity contribution is 8.10. The van der Waals surface area contributed by atoms with E-state index in [-0.39, 0.29) is 0 Å². The van der Waals surface area contributed by atoms with Crippen LogP contribution >= 0.6 is 0 Å². The van der Waals surface area contributed by atoms with Crippen molar-refractivity contribution in [1.29, 1.82) is 0 Å². The molecule has 1 amide bonds. The first-order valence-electron chi connectivity index (χ1n) is 10.1. The second-order valence-corrected chi connectivity index (χ2v) is 12.7. The SMILES string of the molecule is CC(C)(C)OC(=O)N[C@@H](c1ccco1)C(F)(S(=O)(=O)c1ccccc1)S(=O)(=O)c1ccccc1. The number of hydrogen-bond donors (Lipinski definition) is 1. The summed E-state index contributed by atoms with van der Waals surface area (Å²) in [5, 5.41) is 2.08. The summed E-state index contributed by atoms with van der Waals surface area (Å²) in [6.45, 7) is 4.62. The molecule has 8 nitrogen and oxygen atoms in total. The summed E-state index contributed by atoms with van der Waals surface area (Å²) in [6, 6.07) is 12.7. The summed E-state index contributed by atoms with van der Waals surface area (Å²) in [6.07, 6.45) is -0.133. The molecule has 1 aromatic heterocycles. The van der Waals surface area contributed by atoms with Crippen LogP contribution in [0.15, 0.2) is 93.3 Å². The molecule has 1 heterocycles. The fourth-order valence-corrected chi connectivity index (χ4v) is 7.56. The van der Waals surface area contributed by atoms with Crippen LogP contribution in [-0.4, -0.2) is 32.9 Å². The number of benzene rings is 2. The molecule has 34 heavy (non-hydrogen) atoms. The molecule has 0 saturated heterocycles. The molecule has 1 N–H and O–H groups in total. The van der Waals surface area contributed by atoms with Crippen LogP contribution in [0.5, 0.6) is 0 Å². The van der Waals surface area contributed by atoms with E-state index in [4.69, 9.17) is 9.15 Å². The number of furan rings is 1. The van der Waals surface area contributed by atoms with E-state index in [2.05, 4.69) is 5.32 Å². The molecular formula is C23H24FNO7S2. The second kappa shape index (κ2) is 9.22. The van der Waals surface area contributed by atoms with Crippen molar-refractivity contribution in [2.24, 2.45) is 0 Å². The molecule has 0 bridgehead atoms. The van der Waals surface area contributed by atoms with Crippen molar-refractivity contribution < 1.29 is 35.2 Å². The summed E-state index contributed by atoms with van der Waals surface area (Å²) in [5.74, 6) is -0.438. The number of alkyl halides is 1. The van der Waals surface area contributed by atoms with Crippen LogP contribution in [0.3, 0.4) is 0 Å². The van der Waals surface area contributed by atoms with Crippen LogP contribution in [0.25, 0.3) is 0 Å². The van der Waals surface area contributed by atoms with E-state index in [9.17, 15) is 21.6 Å². The maximum absolute atomic E-state index is 17.2. The van der Waals surface area contributed by atoms with Crippen LogP contribution in [0.2, 0.25) is 0 Å². The van der Waals surface area contributed by atoms with Gasteiger partial charge in [-0.3, -0.25) is 0 Å². The average Bonchev–Trinajstić information content (AvgIpc) is 3.31. The molecule has 0 radical (unpaired) electrons. The molecule has 0 aliphatic carbocycles. The zero-order valence-corrected chi connectivity index (χ0v) is 20.3. The van der Waals surface area contributed by atoms with Gasteiger partial charge >= 0.3 is 10.4 Å². The molecule has 1 atom stereocenters. The Kier molecular flexibility index (Phi) is 6.90. The summed E-state index contributed by atoms with van der Waals surface area (Å²) in [7, 11) is -10.6. The Hall–Kier alpha value is -3.18. The molecule has 11 heteroatoms. The van der Waals surface area contributed by atoms with Gasteiger partial charge in [0, 0.05) is 0 Å². The van der Waals surface area contributed by atoms with Gasteiger partial charge in [0.1, 0.15) is 11.4 Å². The Balaban J connectivity index is 2.31. The van der Waals surface area contributed by atoms with Gasteiger partial charge in [0.25, 0.3) is 0 Å². The number of hydrogen-bond acceptors (Lipinski definition) is 7. The zero-order chi connectivity index (χ0) is 25.2. The van der Waals surface area contributed by atoms with Gasteiger partial charge < -0.3 is 14.5 Å². The highest BCUT2D eigenvalue weighted by atomic mass is 32.3. The minimum Gasteiger partial charge on any atom is -0.467 e. The standard InChI is InChI=1S/C23H24FNO7S2/c1-22(2,3)32-21(26)25-20(19-15-10-16-31-19)23(24,33(27,28)17-11-6-4-7-12-17)34(29,30)18-13-8-5-9-14-18/h4-16,20H,1-3H3,(H,25,26)/t20-/m0/s1. The third kappa shape index (κ3) is 4.71. The molecule has 3 aromatic rings. The van der Waals surface area contributed by atoms with Crippen LogP contribution < -0.4 is 5.32 Å². The summed E-state index contributed by atoms with van der Waals surface area (Å²) >= 11 is 0. The Morgan fingerprint density at radius 2 is 1.32 bits per heavy atom. The van der Waals surface area contributed by atoms with Gasteiger partial charge in [-0.15, -0.1) is 0 Å². The van der Waals surface area contributed by atoms with Gasteiger partial charge in [-0.25, -0.2) is 26.0 Å². The minimum absolute atomic E-state index is 0.438. The lowest BCUT2D eigenvalue weighted by Crippen LogP contribution is -2.53. The van der Waals surface area contributed by atoms with Crippen LogP contribution in [0.1, 0.15) is 32.6 Å². The number of amides is 1. The number of nitrogens with one attached hydrogen (secondary N) is 1. The maximum Gasteiger partial charge on any atom is 0.408 e. The molecule has 2 aromatic carbocycles. The molecular weight excluding hydrogens is 485 g/mol. The average molecular weight is 510 g/mol. The topological polar surface area (TPSA) is 120 Å². The molecule has 0 fully saturated rings. The van der Waals surface area contributed by atoms with Crippen molar-refractivity contribution in [1.82, 2.24) is 5.32 Å². The van der Waals surface area contributed by atoms with Gasteiger partial charge in [0.05, 0.1) is 16.1 Å². The monoisotopic (exact) mass is 509 g/mol. The van der Waals surface area contributed by atoms with Crippen molar-refractivity contribution in [2.75, 3.05) is 0 Å².